The van der Waals surface area contributed by atoms with Crippen LogP contribution in [0.25, 0.3) is 0 Å². The molecule has 1 heterocycles. The molecule has 2 fully saturated rings. The Labute approximate surface area is 164 Å². The van der Waals surface area contributed by atoms with E-state index in [-0.39, 0.29) is 24.0 Å². The van der Waals surface area contributed by atoms with Gasteiger partial charge in [-0.1, -0.05) is 19.8 Å². The van der Waals surface area contributed by atoms with Crippen molar-refractivity contribution in [3.05, 3.63) is 0 Å². The summed E-state index contributed by atoms with van der Waals surface area (Å²) < 4.78 is 11.2. The molecule has 1 saturated carbocycles. The maximum atomic E-state index is 5.80. The van der Waals surface area contributed by atoms with Gasteiger partial charge in [-0.25, -0.2) is 0 Å². The molecule has 0 aromatic carbocycles. The molecule has 142 valence electrons. The number of nitrogens with one attached hydrogen (secondary N) is 2. The van der Waals surface area contributed by atoms with Gasteiger partial charge in [-0.2, -0.15) is 0 Å². The zero-order chi connectivity index (χ0) is 16.3. The van der Waals surface area contributed by atoms with Crippen LogP contribution in [0.5, 0.6) is 0 Å². The number of ether oxygens (including phenoxy) is 2. The minimum atomic E-state index is 0. The fourth-order valence-electron chi connectivity index (χ4n) is 3.50. The van der Waals surface area contributed by atoms with Gasteiger partial charge in [0.25, 0.3) is 0 Å². The maximum Gasteiger partial charge on any atom is 0.191 e. The predicted octanol–water partition coefficient (Wildman–Crippen LogP) is 3.18. The van der Waals surface area contributed by atoms with E-state index in [4.69, 9.17) is 9.47 Å². The first-order valence-electron chi connectivity index (χ1n) is 9.40. The molecule has 0 aromatic heterocycles. The third-order valence-corrected chi connectivity index (χ3v) is 4.95. The summed E-state index contributed by atoms with van der Waals surface area (Å²) in [4.78, 5) is 4.34. The van der Waals surface area contributed by atoms with Crippen molar-refractivity contribution >= 4 is 29.9 Å². The average Bonchev–Trinajstić information content (AvgIpc) is 2.58. The van der Waals surface area contributed by atoms with Gasteiger partial charge >= 0.3 is 0 Å². The van der Waals surface area contributed by atoms with Gasteiger partial charge in [0.2, 0.25) is 0 Å². The highest BCUT2D eigenvalue weighted by atomic mass is 127. The standard InChI is InChI=1S/C18H35N3O2.HI/c1-15-5-3-6-17(13-15)21-18(19-2)20-9-4-10-23-14-16-7-11-22-12-8-16;/h15-17H,3-14H2,1-2H3,(H2,19,20,21);1H. The minimum Gasteiger partial charge on any atom is -0.381 e. The Hall–Kier alpha value is -0.0800. The van der Waals surface area contributed by atoms with Crippen molar-refractivity contribution in [2.75, 3.05) is 40.0 Å². The molecule has 2 aliphatic rings. The van der Waals surface area contributed by atoms with Crippen LogP contribution in [0.1, 0.15) is 51.9 Å². The van der Waals surface area contributed by atoms with Gasteiger partial charge in [-0.15, -0.1) is 24.0 Å². The molecular formula is C18H36IN3O2. The second-order valence-electron chi connectivity index (χ2n) is 7.10. The zero-order valence-electron chi connectivity index (χ0n) is 15.4. The van der Waals surface area contributed by atoms with Crippen molar-refractivity contribution in [3.63, 3.8) is 0 Å². The average molecular weight is 453 g/mol. The zero-order valence-corrected chi connectivity index (χ0v) is 17.7. The van der Waals surface area contributed by atoms with Crippen LogP contribution in [-0.4, -0.2) is 52.0 Å². The second kappa shape index (κ2) is 13.2. The number of halogens is 1. The summed E-state index contributed by atoms with van der Waals surface area (Å²) >= 11 is 0. The number of hydrogen-bond donors (Lipinski definition) is 2. The van der Waals surface area contributed by atoms with Crippen LogP contribution in [0.4, 0.5) is 0 Å². The number of rotatable bonds is 7. The molecule has 0 spiro atoms. The van der Waals surface area contributed by atoms with Gasteiger partial charge in [0.05, 0.1) is 0 Å². The highest BCUT2D eigenvalue weighted by molar-refractivity contribution is 14.0. The van der Waals surface area contributed by atoms with Crippen molar-refractivity contribution < 1.29 is 9.47 Å². The lowest BCUT2D eigenvalue weighted by atomic mass is 9.87. The summed E-state index contributed by atoms with van der Waals surface area (Å²) in [5.74, 6) is 2.46. The van der Waals surface area contributed by atoms with Crippen LogP contribution in [-0.2, 0) is 9.47 Å². The quantitative estimate of drug-likeness (QED) is 0.269. The van der Waals surface area contributed by atoms with Crippen molar-refractivity contribution in [2.24, 2.45) is 16.8 Å². The molecule has 2 N–H and O–H groups in total. The molecule has 0 bridgehead atoms. The SMILES string of the molecule is CN=C(NCCCOCC1CCOCC1)NC1CCCC(C)C1.I. The lowest BCUT2D eigenvalue weighted by molar-refractivity contribution is 0.0203. The van der Waals surface area contributed by atoms with Crippen molar-refractivity contribution in [3.8, 4) is 0 Å². The fraction of sp³-hybridized carbons (Fsp3) is 0.944. The van der Waals surface area contributed by atoms with Gasteiger partial charge in [-0.3, -0.25) is 4.99 Å². The van der Waals surface area contributed by atoms with Crippen molar-refractivity contribution in [1.82, 2.24) is 10.6 Å². The van der Waals surface area contributed by atoms with Crippen LogP contribution in [0, 0.1) is 11.8 Å². The topological polar surface area (TPSA) is 54.9 Å². The molecule has 2 unspecified atom stereocenters. The molecule has 24 heavy (non-hydrogen) atoms. The number of aliphatic imine (C=N–C) groups is 1. The molecule has 0 amide bonds. The summed E-state index contributed by atoms with van der Waals surface area (Å²) in [5.41, 5.74) is 0. The molecule has 1 saturated heterocycles. The second-order valence-corrected chi connectivity index (χ2v) is 7.10. The van der Waals surface area contributed by atoms with E-state index in [1.54, 1.807) is 0 Å². The molecule has 1 aliphatic heterocycles. The molecule has 0 aromatic rings. The molecule has 2 rings (SSSR count). The predicted molar refractivity (Wildman–Crippen MR) is 110 cm³/mol. The Balaban J connectivity index is 0.00000288. The Kier molecular flexibility index (Phi) is 12.0. The van der Waals surface area contributed by atoms with Crippen molar-refractivity contribution in [2.45, 2.75) is 57.9 Å². The smallest absolute Gasteiger partial charge is 0.191 e. The first-order valence-corrected chi connectivity index (χ1v) is 9.40. The number of nitrogens with zero attached hydrogens (tertiary/aromatic N) is 1. The van der Waals surface area contributed by atoms with E-state index in [1.807, 2.05) is 7.05 Å². The van der Waals surface area contributed by atoms with E-state index in [9.17, 15) is 0 Å². The van der Waals surface area contributed by atoms with E-state index in [1.165, 1.54) is 25.7 Å². The van der Waals surface area contributed by atoms with E-state index < -0.39 is 0 Å². The van der Waals surface area contributed by atoms with Crippen LogP contribution in [0.2, 0.25) is 0 Å². The van der Waals surface area contributed by atoms with Gasteiger partial charge in [0, 0.05) is 46.1 Å². The Bertz CT molecular complexity index is 349. The van der Waals surface area contributed by atoms with E-state index in [0.29, 0.717) is 12.0 Å². The first-order chi connectivity index (χ1) is 11.3. The summed E-state index contributed by atoms with van der Waals surface area (Å²) in [5, 5.41) is 6.97. The Morgan fingerprint density at radius 2 is 2.00 bits per heavy atom. The monoisotopic (exact) mass is 453 g/mol. The number of hydrogen-bond acceptors (Lipinski definition) is 3. The normalized spacial score (nSPS) is 25.8. The van der Waals surface area contributed by atoms with Crippen LogP contribution in [0.3, 0.4) is 0 Å². The van der Waals surface area contributed by atoms with Crippen molar-refractivity contribution in [1.29, 1.82) is 0 Å². The lowest BCUT2D eigenvalue weighted by Crippen LogP contribution is -2.45. The largest absolute Gasteiger partial charge is 0.381 e. The molecule has 2 atom stereocenters. The summed E-state index contributed by atoms with van der Waals surface area (Å²) in [6, 6.07) is 0.578. The minimum absolute atomic E-state index is 0. The fourth-order valence-corrected chi connectivity index (χ4v) is 3.50. The summed E-state index contributed by atoms with van der Waals surface area (Å²) in [6.07, 6.45) is 8.53. The lowest BCUT2D eigenvalue weighted by Gasteiger charge is -2.28. The molecule has 6 heteroatoms. The molecule has 0 radical (unpaired) electrons. The summed E-state index contributed by atoms with van der Waals surface area (Å²) in [7, 11) is 1.85. The van der Waals surface area contributed by atoms with Gasteiger partial charge in [-0.05, 0) is 43.9 Å². The number of guanidine groups is 1. The first kappa shape index (κ1) is 22.0. The van der Waals surface area contributed by atoms with Crippen LogP contribution in [0.15, 0.2) is 4.99 Å². The maximum absolute atomic E-state index is 5.80. The van der Waals surface area contributed by atoms with Crippen LogP contribution >= 0.6 is 24.0 Å². The van der Waals surface area contributed by atoms with E-state index in [2.05, 4.69) is 22.5 Å². The molecular weight excluding hydrogens is 417 g/mol. The third kappa shape index (κ3) is 8.85. The molecule has 5 nitrogen and oxygen atoms in total. The van der Waals surface area contributed by atoms with Gasteiger partial charge < -0.3 is 20.1 Å². The molecule has 1 aliphatic carbocycles. The van der Waals surface area contributed by atoms with Gasteiger partial charge in [0.1, 0.15) is 0 Å². The third-order valence-electron chi connectivity index (χ3n) is 4.95. The van der Waals surface area contributed by atoms with Crippen LogP contribution < -0.4 is 10.6 Å². The Morgan fingerprint density at radius 3 is 2.71 bits per heavy atom. The Morgan fingerprint density at radius 1 is 1.21 bits per heavy atom. The van der Waals surface area contributed by atoms with E-state index >= 15 is 0 Å². The summed E-state index contributed by atoms with van der Waals surface area (Å²) in [6.45, 7) is 6.77. The van der Waals surface area contributed by atoms with E-state index in [0.717, 1.165) is 64.1 Å². The highest BCUT2D eigenvalue weighted by Crippen LogP contribution is 2.23. The highest BCUT2D eigenvalue weighted by Gasteiger charge is 2.19. The van der Waals surface area contributed by atoms with Gasteiger partial charge in [0.15, 0.2) is 5.96 Å².